The third-order valence-corrected chi connectivity index (χ3v) is 3.53. The highest BCUT2D eigenvalue weighted by Crippen LogP contribution is 2.17. The number of aliphatic hydroxyl groups excluding tert-OH is 1. The van der Waals surface area contributed by atoms with Crippen LogP contribution >= 0.6 is 0 Å². The molecule has 0 atom stereocenters. The number of aliphatic hydroxyl groups is 1. The van der Waals surface area contributed by atoms with Crippen LogP contribution in [0.1, 0.15) is 17.5 Å². The Balaban J connectivity index is 3.15. The Labute approximate surface area is 106 Å². The quantitative estimate of drug-likeness (QED) is 0.793. The van der Waals surface area contributed by atoms with Gasteiger partial charge in [0.15, 0.2) is 9.84 Å². The van der Waals surface area contributed by atoms with E-state index in [4.69, 9.17) is 10.2 Å². The second-order valence-electron chi connectivity index (χ2n) is 4.16. The molecule has 0 fully saturated rings. The van der Waals surface area contributed by atoms with E-state index in [1.807, 2.05) is 0 Å². The molecule has 0 heterocycles. The van der Waals surface area contributed by atoms with Crippen molar-refractivity contribution in [1.29, 1.82) is 0 Å². The number of benzene rings is 1. The molecule has 0 aliphatic heterocycles. The second-order valence-corrected chi connectivity index (χ2v) is 6.17. The first-order valence-corrected chi connectivity index (χ1v) is 7.37. The molecule has 0 bridgehead atoms. The summed E-state index contributed by atoms with van der Waals surface area (Å²) in [6, 6.07) is 4.57. The average molecular weight is 272 g/mol. The van der Waals surface area contributed by atoms with Crippen LogP contribution in [-0.2, 0) is 27.5 Å². The smallest absolute Gasteiger partial charge is 0.307 e. The predicted octanol–water partition coefficient (Wildman–Crippen LogP) is 0.642. The van der Waals surface area contributed by atoms with Crippen LogP contribution < -0.4 is 0 Å². The highest BCUT2D eigenvalue weighted by Gasteiger charge is 2.11. The van der Waals surface area contributed by atoms with E-state index in [9.17, 15) is 13.2 Å². The predicted molar refractivity (Wildman–Crippen MR) is 66.3 cm³/mol. The van der Waals surface area contributed by atoms with E-state index in [0.717, 1.165) is 11.8 Å². The van der Waals surface area contributed by atoms with Crippen molar-refractivity contribution in [3.8, 4) is 0 Å². The minimum Gasteiger partial charge on any atom is -0.481 e. The average Bonchev–Trinajstić information content (AvgIpc) is 2.24. The third-order valence-electron chi connectivity index (χ3n) is 2.43. The SMILES string of the molecule is CS(=O)(=O)c1cc(CCCO)cc(CC(=O)O)c1. The van der Waals surface area contributed by atoms with Crippen molar-refractivity contribution in [1.82, 2.24) is 0 Å². The molecule has 0 amide bonds. The fourth-order valence-electron chi connectivity index (χ4n) is 1.65. The molecule has 6 heteroatoms. The maximum Gasteiger partial charge on any atom is 0.307 e. The van der Waals surface area contributed by atoms with Crippen molar-refractivity contribution >= 4 is 15.8 Å². The molecular formula is C12H16O5S. The summed E-state index contributed by atoms with van der Waals surface area (Å²) in [4.78, 5) is 10.8. The van der Waals surface area contributed by atoms with Crippen LogP contribution in [-0.4, -0.2) is 37.5 Å². The number of hydrogen-bond acceptors (Lipinski definition) is 4. The number of carboxylic acid groups (broad SMARTS) is 1. The van der Waals surface area contributed by atoms with Gasteiger partial charge in [0.25, 0.3) is 0 Å². The lowest BCUT2D eigenvalue weighted by molar-refractivity contribution is -0.136. The number of aliphatic carboxylic acids is 1. The molecule has 1 rings (SSSR count). The zero-order valence-electron chi connectivity index (χ0n) is 10.1. The minimum atomic E-state index is -3.36. The Morgan fingerprint density at radius 1 is 1.22 bits per heavy atom. The Hall–Kier alpha value is -1.40. The number of carboxylic acids is 1. The monoisotopic (exact) mass is 272 g/mol. The number of hydrogen-bond donors (Lipinski definition) is 2. The maximum absolute atomic E-state index is 11.5. The van der Waals surface area contributed by atoms with Gasteiger partial charge in [0.2, 0.25) is 0 Å². The first-order valence-electron chi connectivity index (χ1n) is 5.48. The van der Waals surface area contributed by atoms with Gasteiger partial charge in [-0.3, -0.25) is 4.79 Å². The molecule has 2 N–H and O–H groups in total. The molecular weight excluding hydrogens is 256 g/mol. The number of carbonyl (C=O) groups is 1. The first-order chi connectivity index (χ1) is 8.32. The van der Waals surface area contributed by atoms with Crippen LogP contribution in [0.25, 0.3) is 0 Å². The van der Waals surface area contributed by atoms with Crippen LogP contribution in [0, 0.1) is 0 Å². The van der Waals surface area contributed by atoms with E-state index in [0.29, 0.717) is 18.4 Å². The number of aryl methyl sites for hydroxylation is 1. The summed E-state index contributed by atoms with van der Waals surface area (Å²) < 4.78 is 23.0. The zero-order chi connectivity index (χ0) is 13.8. The summed E-state index contributed by atoms with van der Waals surface area (Å²) in [5.41, 5.74) is 1.18. The van der Waals surface area contributed by atoms with Gasteiger partial charge in [-0.1, -0.05) is 6.07 Å². The summed E-state index contributed by atoms with van der Waals surface area (Å²) in [5, 5.41) is 17.5. The van der Waals surface area contributed by atoms with Crippen molar-refractivity contribution < 1.29 is 23.4 Å². The summed E-state index contributed by atoms with van der Waals surface area (Å²) in [5.74, 6) is -1.01. The highest BCUT2D eigenvalue weighted by molar-refractivity contribution is 7.90. The van der Waals surface area contributed by atoms with Gasteiger partial charge in [-0.25, -0.2) is 8.42 Å². The molecule has 0 radical (unpaired) electrons. The summed E-state index contributed by atoms with van der Waals surface area (Å²) in [6.45, 7) is 0.0113. The molecule has 0 aromatic heterocycles. The standard InChI is InChI=1S/C12H16O5S/c1-18(16,17)11-6-9(3-2-4-13)5-10(7-11)8-12(14)15/h5-7,13H,2-4,8H2,1H3,(H,14,15). The molecule has 0 aliphatic carbocycles. The molecule has 0 unspecified atom stereocenters. The van der Waals surface area contributed by atoms with Crippen molar-refractivity contribution in [2.75, 3.05) is 12.9 Å². The van der Waals surface area contributed by atoms with E-state index in [1.165, 1.54) is 12.1 Å². The normalized spacial score (nSPS) is 11.4. The largest absolute Gasteiger partial charge is 0.481 e. The molecule has 5 nitrogen and oxygen atoms in total. The zero-order valence-corrected chi connectivity index (χ0v) is 10.9. The van der Waals surface area contributed by atoms with Crippen LogP contribution in [0.5, 0.6) is 0 Å². The van der Waals surface area contributed by atoms with Gasteiger partial charge in [0, 0.05) is 12.9 Å². The van der Waals surface area contributed by atoms with Gasteiger partial charge in [0.05, 0.1) is 11.3 Å². The van der Waals surface area contributed by atoms with Gasteiger partial charge in [-0.15, -0.1) is 0 Å². The van der Waals surface area contributed by atoms with Crippen molar-refractivity contribution in [2.45, 2.75) is 24.2 Å². The van der Waals surface area contributed by atoms with Crippen molar-refractivity contribution in [3.63, 3.8) is 0 Å². The summed E-state index contributed by atoms with van der Waals surface area (Å²) >= 11 is 0. The minimum absolute atomic E-state index is 0.0113. The summed E-state index contributed by atoms with van der Waals surface area (Å²) in [6.07, 6.45) is 1.91. The Morgan fingerprint density at radius 3 is 2.33 bits per heavy atom. The molecule has 18 heavy (non-hydrogen) atoms. The molecule has 0 spiro atoms. The Kier molecular flexibility index (Phi) is 4.86. The molecule has 1 aromatic rings. The number of rotatable bonds is 6. The van der Waals surface area contributed by atoms with E-state index in [1.54, 1.807) is 6.07 Å². The van der Waals surface area contributed by atoms with Crippen LogP contribution in [0.15, 0.2) is 23.1 Å². The van der Waals surface area contributed by atoms with Crippen molar-refractivity contribution in [3.05, 3.63) is 29.3 Å². The topological polar surface area (TPSA) is 91.7 Å². The second kappa shape index (κ2) is 5.97. The lowest BCUT2D eigenvalue weighted by atomic mass is 10.0. The molecule has 100 valence electrons. The van der Waals surface area contributed by atoms with E-state index in [-0.39, 0.29) is 17.9 Å². The van der Waals surface area contributed by atoms with Gasteiger partial charge in [-0.2, -0.15) is 0 Å². The number of sulfone groups is 1. The lowest BCUT2D eigenvalue weighted by Gasteiger charge is -2.07. The summed E-state index contributed by atoms with van der Waals surface area (Å²) in [7, 11) is -3.36. The van der Waals surface area contributed by atoms with Gasteiger partial charge in [0.1, 0.15) is 0 Å². The molecule has 0 aliphatic rings. The van der Waals surface area contributed by atoms with Crippen LogP contribution in [0.2, 0.25) is 0 Å². The van der Waals surface area contributed by atoms with Crippen LogP contribution in [0.4, 0.5) is 0 Å². The third kappa shape index (κ3) is 4.46. The van der Waals surface area contributed by atoms with Gasteiger partial charge in [-0.05, 0) is 36.1 Å². The van der Waals surface area contributed by atoms with E-state index >= 15 is 0 Å². The first kappa shape index (κ1) is 14.7. The Bertz CT molecular complexity index is 533. The molecule has 1 aromatic carbocycles. The molecule has 0 saturated heterocycles. The van der Waals surface area contributed by atoms with E-state index in [2.05, 4.69) is 0 Å². The fourth-order valence-corrected chi connectivity index (χ4v) is 2.38. The fraction of sp³-hybridized carbons (Fsp3) is 0.417. The van der Waals surface area contributed by atoms with E-state index < -0.39 is 15.8 Å². The molecule has 0 saturated carbocycles. The maximum atomic E-state index is 11.5. The Morgan fingerprint density at radius 2 is 1.83 bits per heavy atom. The highest BCUT2D eigenvalue weighted by atomic mass is 32.2. The van der Waals surface area contributed by atoms with Gasteiger partial charge >= 0.3 is 5.97 Å². The van der Waals surface area contributed by atoms with Gasteiger partial charge < -0.3 is 10.2 Å². The van der Waals surface area contributed by atoms with Crippen molar-refractivity contribution in [2.24, 2.45) is 0 Å². The lowest BCUT2D eigenvalue weighted by Crippen LogP contribution is -2.05. The van der Waals surface area contributed by atoms with Crippen LogP contribution in [0.3, 0.4) is 0 Å².